The van der Waals surface area contributed by atoms with Gasteiger partial charge in [0, 0.05) is 12.1 Å². The van der Waals surface area contributed by atoms with Crippen molar-refractivity contribution < 1.29 is 9.90 Å². The summed E-state index contributed by atoms with van der Waals surface area (Å²) in [6.45, 7) is 1.88. The van der Waals surface area contributed by atoms with Gasteiger partial charge in [-0.05, 0) is 22.9 Å². The minimum atomic E-state index is -0.803. The molecule has 0 unspecified atom stereocenters. The van der Waals surface area contributed by atoms with Gasteiger partial charge in [-0.2, -0.15) is 5.10 Å². The van der Waals surface area contributed by atoms with Crippen molar-refractivity contribution in [3.05, 3.63) is 15.9 Å². The van der Waals surface area contributed by atoms with Gasteiger partial charge in [0.05, 0.1) is 16.6 Å². The second kappa shape index (κ2) is 3.71. The van der Waals surface area contributed by atoms with Crippen LogP contribution in [0.25, 0.3) is 0 Å². The summed E-state index contributed by atoms with van der Waals surface area (Å²) in [4.78, 5) is 10.2. The maximum atomic E-state index is 10.2. The number of aryl methyl sites for hydroxylation is 2. The Morgan fingerprint density at radius 1 is 1.75 bits per heavy atom. The summed E-state index contributed by atoms with van der Waals surface area (Å²) in [5.41, 5.74) is 1.70. The highest BCUT2D eigenvalue weighted by atomic mass is 79.9. The lowest BCUT2D eigenvalue weighted by Gasteiger charge is -1.92. The van der Waals surface area contributed by atoms with Crippen LogP contribution >= 0.6 is 15.9 Å². The number of carboxylic acids is 1. The Hall–Kier alpha value is -0.840. The number of hydrogen-bond acceptors (Lipinski definition) is 2. The summed E-state index contributed by atoms with van der Waals surface area (Å²) in [6.07, 6.45) is 0.573. The Labute approximate surface area is 78.1 Å². The van der Waals surface area contributed by atoms with Gasteiger partial charge in [0.1, 0.15) is 0 Å². The number of halogens is 1. The van der Waals surface area contributed by atoms with E-state index in [0.29, 0.717) is 6.42 Å². The summed E-state index contributed by atoms with van der Waals surface area (Å²) in [6, 6.07) is 0. The molecule has 1 rings (SSSR count). The molecule has 1 aromatic heterocycles. The van der Waals surface area contributed by atoms with E-state index in [1.807, 2.05) is 6.92 Å². The van der Waals surface area contributed by atoms with Crippen LogP contribution in [0.4, 0.5) is 0 Å². The van der Waals surface area contributed by atoms with Gasteiger partial charge < -0.3 is 5.11 Å². The highest BCUT2D eigenvalue weighted by molar-refractivity contribution is 9.10. The first-order valence-electron chi connectivity index (χ1n) is 3.52. The number of H-pyrrole nitrogens is 1. The molecule has 0 atom stereocenters. The molecule has 66 valence electrons. The third-order valence-electron chi connectivity index (χ3n) is 1.52. The second-order valence-electron chi connectivity index (χ2n) is 2.50. The van der Waals surface area contributed by atoms with Crippen LogP contribution < -0.4 is 0 Å². The Morgan fingerprint density at radius 2 is 2.42 bits per heavy atom. The van der Waals surface area contributed by atoms with Crippen LogP contribution in [0.3, 0.4) is 0 Å². The number of carbonyl (C=O) groups is 1. The van der Waals surface area contributed by atoms with Gasteiger partial charge in [-0.15, -0.1) is 0 Å². The number of aliphatic carboxylic acids is 1. The first-order valence-corrected chi connectivity index (χ1v) is 4.31. The third-order valence-corrected chi connectivity index (χ3v) is 2.57. The molecule has 0 aromatic carbocycles. The van der Waals surface area contributed by atoms with E-state index in [2.05, 4.69) is 26.1 Å². The summed E-state index contributed by atoms with van der Waals surface area (Å²) in [7, 11) is 0. The predicted octanol–water partition coefficient (Wildman–Crippen LogP) is 1.50. The Morgan fingerprint density at radius 3 is 2.83 bits per heavy atom. The molecular weight excluding hydrogens is 224 g/mol. The molecule has 0 amide bonds. The van der Waals surface area contributed by atoms with Crippen molar-refractivity contribution in [3.63, 3.8) is 0 Å². The number of nitrogens with one attached hydrogen (secondary N) is 1. The van der Waals surface area contributed by atoms with E-state index in [9.17, 15) is 4.79 Å². The smallest absolute Gasteiger partial charge is 0.303 e. The molecule has 0 fully saturated rings. The number of nitrogens with zero attached hydrogens (tertiary/aromatic N) is 1. The molecule has 0 aliphatic rings. The summed E-state index contributed by atoms with van der Waals surface area (Å²) in [5, 5.41) is 15.1. The zero-order valence-electron chi connectivity index (χ0n) is 6.59. The zero-order valence-corrected chi connectivity index (χ0v) is 8.18. The number of aromatic nitrogens is 2. The molecule has 2 N–H and O–H groups in total. The lowest BCUT2D eigenvalue weighted by Crippen LogP contribution is -1.98. The molecule has 0 radical (unpaired) electrons. The Kier molecular flexibility index (Phi) is 2.86. The monoisotopic (exact) mass is 232 g/mol. The van der Waals surface area contributed by atoms with E-state index in [-0.39, 0.29) is 6.42 Å². The van der Waals surface area contributed by atoms with E-state index in [4.69, 9.17) is 5.11 Å². The fourth-order valence-electron chi connectivity index (χ4n) is 0.857. The number of aromatic amines is 1. The van der Waals surface area contributed by atoms with E-state index in [1.54, 1.807) is 0 Å². The Balaban J connectivity index is 2.63. The van der Waals surface area contributed by atoms with Crippen molar-refractivity contribution in [2.45, 2.75) is 19.8 Å². The number of hydrogen-bond donors (Lipinski definition) is 2. The van der Waals surface area contributed by atoms with Gasteiger partial charge in [0.25, 0.3) is 0 Å². The molecule has 0 spiro atoms. The number of rotatable bonds is 3. The zero-order chi connectivity index (χ0) is 9.14. The third kappa shape index (κ3) is 2.07. The Bertz CT molecular complexity index is 296. The van der Waals surface area contributed by atoms with Crippen molar-refractivity contribution >= 4 is 21.9 Å². The molecule has 0 aliphatic carbocycles. The van der Waals surface area contributed by atoms with Crippen LogP contribution in [0, 0.1) is 6.92 Å². The lowest BCUT2D eigenvalue weighted by molar-refractivity contribution is -0.136. The van der Waals surface area contributed by atoms with Crippen molar-refractivity contribution in [2.24, 2.45) is 0 Å². The lowest BCUT2D eigenvalue weighted by atomic mass is 10.2. The van der Waals surface area contributed by atoms with Crippen molar-refractivity contribution in [3.8, 4) is 0 Å². The fraction of sp³-hybridized carbons (Fsp3) is 0.429. The predicted molar refractivity (Wildman–Crippen MR) is 47.0 cm³/mol. The van der Waals surface area contributed by atoms with Gasteiger partial charge in [-0.3, -0.25) is 9.89 Å². The summed E-state index contributed by atoms with van der Waals surface area (Å²) < 4.78 is 0.878. The van der Waals surface area contributed by atoms with Crippen LogP contribution in [0.2, 0.25) is 0 Å². The topological polar surface area (TPSA) is 66.0 Å². The van der Waals surface area contributed by atoms with Crippen LogP contribution in [0.5, 0.6) is 0 Å². The SMILES string of the molecule is Cc1[nH]nc(CCC(=O)O)c1Br. The molecule has 5 heteroatoms. The van der Waals surface area contributed by atoms with Gasteiger partial charge >= 0.3 is 5.97 Å². The standard InChI is InChI=1S/C7H9BrN2O2/c1-4-7(8)5(10-9-4)2-3-6(11)12/h2-3H2,1H3,(H,9,10)(H,11,12). The minimum absolute atomic E-state index is 0.114. The fourth-order valence-corrected chi connectivity index (χ4v) is 1.23. The summed E-state index contributed by atoms with van der Waals surface area (Å²) >= 11 is 3.31. The molecule has 0 saturated heterocycles. The molecule has 1 aromatic rings. The van der Waals surface area contributed by atoms with Gasteiger partial charge in [-0.1, -0.05) is 0 Å². The highest BCUT2D eigenvalue weighted by Gasteiger charge is 2.08. The molecule has 4 nitrogen and oxygen atoms in total. The van der Waals surface area contributed by atoms with E-state index in [0.717, 1.165) is 15.9 Å². The molecule has 1 heterocycles. The highest BCUT2D eigenvalue weighted by Crippen LogP contribution is 2.18. The molecule has 0 saturated carbocycles. The normalized spacial score (nSPS) is 10.2. The second-order valence-corrected chi connectivity index (χ2v) is 3.30. The van der Waals surface area contributed by atoms with Crippen molar-refractivity contribution in [1.29, 1.82) is 0 Å². The van der Waals surface area contributed by atoms with Crippen molar-refractivity contribution in [1.82, 2.24) is 10.2 Å². The first kappa shape index (κ1) is 9.25. The van der Waals surface area contributed by atoms with Gasteiger partial charge in [0.2, 0.25) is 0 Å². The maximum absolute atomic E-state index is 10.2. The average Bonchev–Trinajstić information content (AvgIpc) is 2.30. The molecule has 0 aliphatic heterocycles. The van der Waals surface area contributed by atoms with Gasteiger partial charge in [-0.25, -0.2) is 0 Å². The first-order chi connectivity index (χ1) is 5.61. The summed E-state index contributed by atoms with van der Waals surface area (Å²) in [5.74, 6) is -0.803. The average molecular weight is 233 g/mol. The van der Waals surface area contributed by atoms with Crippen molar-refractivity contribution in [2.75, 3.05) is 0 Å². The van der Waals surface area contributed by atoms with E-state index >= 15 is 0 Å². The quantitative estimate of drug-likeness (QED) is 0.831. The largest absolute Gasteiger partial charge is 0.481 e. The molecule has 0 bridgehead atoms. The van der Waals surface area contributed by atoms with E-state index in [1.165, 1.54) is 0 Å². The van der Waals surface area contributed by atoms with Crippen LogP contribution in [-0.4, -0.2) is 21.3 Å². The van der Waals surface area contributed by atoms with Crippen LogP contribution in [-0.2, 0) is 11.2 Å². The minimum Gasteiger partial charge on any atom is -0.481 e. The van der Waals surface area contributed by atoms with Crippen LogP contribution in [0.1, 0.15) is 17.8 Å². The van der Waals surface area contributed by atoms with Gasteiger partial charge in [0.15, 0.2) is 0 Å². The molecule has 12 heavy (non-hydrogen) atoms. The van der Waals surface area contributed by atoms with Crippen LogP contribution in [0.15, 0.2) is 4.47 Å². The van der Waals surface area contributed by atoms with E-state index < -0.39 is 5.97 Å². The number of carboxylic acid groups (broad SMARTS) is 1. The maximum Gasteiger partial charge on any atom is 0.303 e. The molecular formula is C7H9BrN2O2.